The number of amides is 1. The molecule has 3 aromatic heterocycles. The lowest BCUT2D eigenvalue weighted by Crippen LogP contribution is -2.43. The number of nitrogens with zero attached hydrogens (tertiary/aromatic N) is 4. The summed E-state index contributed by atoms with van der Waals surface area (Å²) in [7, 11) is 3.65. The maximum atomic E-state index is 13.0. The lowest BCUT2D eigenvalue weighted by Gasteiger charge is -2.29. The summed E-state index contributed by atoms with van der Waals surface area (Å²) in [6.07, 6.45) is 1.86. The number of pyridine rings is 1. The van der Waals surface area contributed by atoms with Crippen molar-refractivity contribution in [3.8, 4) is 5.75 Å². The molecule has 4 heterocycles. The van der Waals surface area contributed by atoms with Crippen LogP contribution < -0.4 is 20.7 Å². The van der Waals surface area contributed by atoms with E-state index in [0.717, 1.165) is 41.7 Å². The fraction of sp³-hybridized carbons (Fsp3) is 0.379. The lowest BCUT2D eigenvalue weighted by molar-refractivity contribution is 0.0740. The second-order valence-corrected chi connectivity index (χ2v) is 11.5. The Morgan fingerprint density at radius 3 is 2.62 bits per heavy atom. The number of aliphatic hydroxyl groups is 1. The Morgan fingerprint density at radius 1 is 1.12 bits per heavy atom. The van der Waals surface area contributed by atoms with Crippen LogP contribution in [-0.4, -0.2) is 64.2 Å². The SMILES string of the molecule is COc1cc(Nc2nc(Nc3cccc(C(C)(C)O)n3)c3c(C)csc3n2)ccc1C(=O)NC1CCN(C)CC1. The Morgan fingerprint density at radius 2 is 1.90 bits per heavy atom. The summed E-state index contributed by atoms with van der Waals surface area (Å²) in [5.74, 6) is 1.89. The Hall–Kier alpha value is -3.80. The predicted molar refractivity (Wildman–Crippen MR) is 159 cm³/mol. The Labute approximate surface area is 237 Å². The number of rotatable bonds is 8. The number of benzene rings is 1. The summed E-state index contributed by atoms with van der Waals surface area (Å²) in [6, 6.07) is 11.0. The molecule has 1 aromatic carbocycles. The molecular formula is C29H35N7O3S. The van der Waals surface area contributed by atoms with Gasteiger partial charge >= 0.3 is 0 Å². The first-order valence-corrected chi connectivity index (χ1v) is 14.2. The molecule has 0 saturated carbocycles. The third-order valence-electron chi connectivity index (χ3n) is 7.00. The van der Waals surface area contributed by atoms with Gasteiger partial charge in [-0.15, -0.1) is 11.3 Å². The standard InChI is InChI=1S/C29H35N7O3S/c1-17-16-40-27-24(17)25(33-23-8-6-7-22(32-23)29(2,3)38)34-28(35-27)31-19-9-10-20(21(15-19)39-5)26(37)30-18-11-13-36(4)14-12-18/h6-10,15-16,18,38H,11-14H2,1-5H3,(H,30,37)(H2,31,32,33,34,35). The van der Waals surface area contributed by atoms with Gasteiger partial charge < -0.3 is 30.7 Å². The molecule has 0 spiro atoms. The second-order valence-electron chi connectivity index (χ2n) is 10.7. The van der Waals surface area contributed by atoms with Crippen molar-refractivity contribution >= 4 is 50.7 Å². The quantitative estimate of drug-likeness (QED) is 0.237. The van der Waals surface area contributed by atoms with E-state index in [-0.39, 0.29) is 11.9 Å². The van der Waals surface area contributed by atoms with Crippen molar-refractivity contribution in [1.82, 2.24) is 25.2 Å². The number of ether oxygens (including phenoxy) is 1. The lowest BCUT2D eigenvalue weighted by atomic mass is 10.0. The number of piperidine rings is 1. The molecule has 11 heteroatoms. The molecule has 1 aliphatic rings. The zero-order valence-electron chi connectivity index (χ0n) is 23.4. The molecule has 4 N–H and O–H groups in total. The van der Waals surface area contributed by atoms with Gasteiger partial charge in [-0.05, 0) is 89.0 Å². The molecule has 5 rings (SSSR count). The van der Waals surface area contributed by atoms with Crippen LogP contribution in [0.25, 0.3) is 10.2 Å². The van der Waals surface area contributed by atoms with Gasteiger partial charge in [0, 0.05) is 17.8 Å². The first kappa shape index (κ1) is 27.8. The molecule has 40 heavy (non-hydrogen) atoms. The van der Waals surface area contributed by atoms with E-state index in [9.17, 15) is 9.90 Å². The van der Waals surface area contributed by atoms with E-state index in [2.05, 4.69) is 32.9 Å². The monoisotopic (exact) mass is 561 g/mol. The molecule has 0 atom stereocenters. The second kappa shape index (κ2) is 11.4. The number of carbonyl (C=O) groups is 1. The van der Waals surface area contributed by atoms with Crippen molar-refractivity contribution in [2.45, 2.75) is 45.3 Å². The van der Waals surface area contributed by atoms with Gasteiger partial charge in [0.1, 0.15) is 27.8 Å². The zero-order valence-corrected chi connectivity index (χ0v) is 24.2. The van der Waals surface area contributed by atoms with E-state index in [1.165, 1.54) is 11.3 Å². The van der Waals surface area contributed by atoms with E-state index < -0.39 is 5.60 Å². The van der Waals surface area contributed by atoms with Gasteiger partial charge in [-0.1, -0.05) is 6.07 Å². The number of carbonyl (C=O) groups excluding carboxylic acids is 1. The van der Waals surface area contributed by atoms with Gasteiger partial charge in [0.25, 0.3) is 5.91 Å². The molecule has 0 aliphatic carbocycles. The van der Waals surface area contributed by atoms with Crippen LogP contribution in [0.2, 0.25) is 0 Å². The van der Waals surface area contributed by atoms with Crippen molar-refractivity contribution in [3.05, 3.63) is 58.6 Å². The first-order valence-electron chi connectivity index (χ1n) is 13.3. The van der Waals surface area contributed by atoms with Crippen LogP contribution in [-0.2, 0) is 5.60 Å². The average molecular weight is 562 g/mol. The van der Waals surface area contributed by atoms with Crippen LogP contribution in [0.4, 0.5) is 23.3 Å². The van der Waals surface area contributed by atoms with Crippen molar-refractivity contribution in [2.75, 3.05) is 37.9 Å². The smallest absolute Gasteiger partial charge is 0.255 e. The average Bonchev–Trinajstić information content (AvgIpc) is 3.30. The molecule has 0 unspecified atom stereocenters. The molecule has 210 valence electrons. The van der Waals surface area contributed by atoms with E-state index in [0.29, 0.717) is 40.3 Å². The summed E-state index contributed by atoms with van der Waals surface area (Å²) in [5, 5.41) is 23.1. The normalized spacial score (nSPS) is 14.8. The van der Waals surface area contributed by atoms with Crippen molar-refractivity contribution in [3.63, 3.8) is 0 Å². The molecule has 1 amide bonds. The number of aryl methyl sites for hydroxylation is 1. The maximum Gasteiger partial charge on any atom is 0.255 e. The molecule has 1 saturated heterocycles. The number of hydrogen-bond donors (Lipinski definition) is 4. The highest BCUT2D eigenvalue weighted by atomic mass is 32.1. The van der Waals surface area contributed by atoms with Crippen LogP contribution >= 0.6 is 11.3 Å². The number of aromatic nitrogens is 3. The number of methoxy groups -OCH3 is 1. The zero-order chi connectivity index (χ0) is 28.4. The van der Waals surface area contributed by atoms with Gasteiger partial charge in [-0.2, -0.15) is 4.98 Å². The third-order valence-corrected chi connectivity index (χ3v) is 7.99. The topological polar surface area (TPSA) is 125 Å². The van der Waals surface area contributed by atoms with E-state index in [1.807, 2.05) is 30.5 Å². The highest BCUT2D eigenvalue weighted by Gasteiger charge is 2.22. The van der Waals surface area contributed by atoms with E-state index >= 15 is 0 Å². The van der Waals surface area contributed by atoms with Gasteiger partial charge in [-0.3, -0.25) is 4.79 Å². The summed E-state index contributed by atoms with van der Waals surface area (Å²) in [4.78, 5) is 30.2. The minimum absolute atomic E-state index is 0.142. The maximum absolute atomic E-state index is 13.0. The minimum Gasteiger partial charge on any atom is -0.496 e. The molecule has 1 aliphatic heterocycles. The Kier molecular flexibility index (Phi) is 7.88. The Bertz CT molecular complexity index is 1520. The van der Waals surface area contributed by atoms with Gasteiger partial charge in [0.05, 0.1) is 23.8 Å². The molecule has 1 fully saturated rings. The van der Waals surface area contributed by atoms with E-state index in [1.54, 1.807) is 39.2 Å². The summed E-state index contributed by atoms with van der Waals surface area (Å²) in [5.41, 5.74) is 1.70. The number of hydrogen-bond acceptors (Lipinski definition) is 10. The molecule has 0 bridgehead atoms. The van der Waals surface area contributed by atoms with Crippen LogP contribution in [0, 0.1) is 6.92 Å². The number of anilines is 4. The highest BCUT2D eigenvalue weighted by molar-refractivity contribution is 7.17. The highest BCUT2D eigenvalue weighted by Crippen LogP contribution is 2.33. The Balaban J connectivity index is 1.39. The minimum atomic E-state index is -1.07. The van der Waals surface area contributed by atoms with Gasteiger partial charge in [0.2, 0.25) is 5.95 Å². The van der Waals surface area contributed by atoms with Crippen molar-refractivity contribution < 1.29 is 14.6 Å². The third kappa shape index (κ3) is 6.16. The summed E-state index contributed by atoms with van der Waals surface area (Å²) >= 11 is 1.53. The summed E-state index contributed by atoms with van der Waals surface area (Å²) in [6.45, 7) is 7.35. The number of thiophene rings is 1. The van der Waals surface area contributed by atoms with Crippen LogP contribution in [0.5, 0.6) is 5.75 Å². The number of likely N-dealkylation sites (tertiary alicyclic amines) is 1. The van der Waals surface area contributed by atoms with Crippen molar-refractivity contribution in [2.24, 2.45) is 0 Å². The molecule has 4 aromatic rings. The summed E-state index contributed by atoms with van der Waals surface area (Å²) < 4.78 is 5.58. The molecule has 10 nitrogen and oxygen atoms in total. The molecular weight excluding hydrogens is 526 g/mol. The fourth-order valence-corrected chi connectivity index (χ4v) is 5.62. The van der Waals surface area contributed by atoms with Gasteiger partial charge in [-0.25, -0.2) is 9.97 Å². The van der Waals surface area contributed by atoms with Crippen LogP contribution in [0.15, 0.2) is 41.8 Å². The first-order chi connectivity index (χ1) is 19.1. The predicted octanol–water partition coefficient (Wildman–Crippen LogP) is 4.94. The fourth-order valence-electron chi connectivity index (χ4n) is 4.70. The van der Waals surface area contributed by atoms with Gasteiger partial charge in [0.15, 0.2) is 0 Å². The molecule has 0 radical (unpaired) electrons. The largest absolute Gasteiger partial charge is 0.496 e. The van der Waals surface area contributed by atoms with Crippen LogP contribution in [0.3, 0.4) is 0 Å². The van der Waals surface area contributed by atoms with E-state index in [4.69, 9.17) is 14.7 Å². The van der Waals surface area contributed by atoms with Crippen molar-refractivity contribution in [1.29, 1.82) is 0 Å². The number of fused-ring (bicyclic) bond motifs is 1. The van der Waals surface area contributed by atoms with Crippen LogP contribution in [0.1, 0.15) is 48.3 Å². The number of nitrogens with one attached hydrogen (secondary N) is 3.